The van der Waals surface area contributed by atoms with Gasteiger partial charge in [0.2, 0.25) is 0 Å². The van der Waals surface area contributed by atoms with Crippen LogP contribution in [-0.2, 0) is 9.53 Å². The van der Waals surface area contributed by atoms with Gasteiger partial charge in [0.05, 0.1) is 6.61 Å². The van der Waals surface area contributed by atoms with E-state index in [1.165, 1.54) is 12.8 Å². The fourth-order valence-corrected chi connectivity index (χ4v) is 2.69. The minimum Gasteiger partial charge on any atom is -0.481 e. The molecule has 1 atom stereocenters. The second kappa shape index (κ2) is 5.38. The second-order valence-electron chi connectivity index (χ2n) is 4.97. The highest BCUT2D eigenvalue weighted by molar-refractivity contribution is 5.69. The van der Waals surface area contributed by atoms with Crippen LogP contribution in [0.4, 0.5) is 4.79 Å². The molecule has 0 aromatic rings. The van der Waals surface area contributed by atoms with Gasteiger partial charge in [0.1, 0.15) is 0 Å². The molecular formula is C12H19NO4. The first-order valence-electron chi connectivity index (χ1n) is 6.32. The maximum absolute atomic E-state index is 11.7. The van der Waals surface area contributed by atoms with E-state index >= 15 is 0 Å². The molecule has 1 N–H and O–H groups in total. The molecule has 5 nitrogen and oxygen atoms in total. The molecule has 0 aromatic carbocycles. The Bertz CT molecular complexity index is 299. The number of carbonyl (C=O) groups excluding carboxylic acids is 1. The van der Waals surface area contributed by atoms with E-state index in [0.717, 1.165) is 12.8 Å². The highest BCUT2D eigenvalue weighted by Gasteiger charge is 2.33. The summed E-state index contributed by atoms with van der Waals surface area (Å²) < 4.78 is 5.14. The number of amides is 1. The number of ether oxygens (including phenoxy) is 1. The topological polar surface area (TPSA) is 66.8 Å². The third-order valence-corrected chi connectivity index (χ3v) is 3.66. The molecule has 1 saturated carbocycles. The van der Waals surface area contributed by atoms with Gasteiger partial charge < -0.3 is 14.7 Å². The summed E-state index contributed by atoms with van der Waals surface area (Å²) in [7, 11) is 0. The Kier molecular flexibility index (Phi) is 3.86. The fraction of sp³-hybridized carbons (Fsp3) is 0.833. The van der Waals surface area contributed by atoms with Gasteiger partial charge in [0.15, 0.2) is 0 Å². The highest BCUT2D eigenvalue weighted by Crippen LogP contribution is 2.27. The summed E-state index contributed by atoms with van der Waals surface area (Å²) in [5.41, 5.74) is 0. The first-order valence-corrected chi connectivity index (χ1v) is 6.32. The molecule has 2 rings (SSSR count). The molecule has 2 fully saturated rings. The third kappa shape index (κ3) is 3.11. The Morgan fingerprint density at radius 1 is 1.41 bits per heavy atom. The summed E-state index contributed by atoms with van der Waals surface area (Å²) >= 11 is 0. The summed E-state index contributed by atoms with van der Waals surface area (Å²) in [5.74, 6) is -0.612. The average molecular weight is 241 g/mol. The lowest BCUT2D eigenvalue weighted by Gasteiger charge is -2.36. The molecule has 5 heteroatoms. The SMILES string of the molecule is O=C(O)CCC1COC(=O)N(C2CCCC2)C1. The lowest BCUT2D eigenvalue weighted by molar-refractivity contribution is -0.137. The van der Waals surface area contributed by atoms with Crippen molar-refractivity contribution >= 4 is 12.1 Å². The molecule has 1 amide bonds. The number of hydrogen-bond acceptors (Lipinski definition) is 3. The number of aliphatic carboxylic acids is 1. The summed E-state index contributed by atoms with van der Waals surface area (Å²) in [6, 6.07) is 0.315. The minimum absolute atomic E-state index is 0.153. The smallest absolute Gasteiger partial charge is 0.410 e. The van der Waals surface area contributed by atoms with Crippen molar-refractivity contribution in [2.75, 3.05) is 13.2 Å². The molecule has 0 aromatic heterocycles. The lowest BCUT2D eigenvalue weighted by Crippen LogP contribution is -2.47. The van der Waals surface area contributed by atoms with Crippen LogP contribution >= 0.6 is 0 Å². The van der Waals surface area contributed by atoms with Crippen molar-refractivity contribution in [1.29, 1.82) is 0 Å². The predicted octanol–water partition coefficient (Wildman–Crippen LogP) is 1.86. The Hall–Kier alpha value is -1.26. The van der Waals surface area contributed by atoms with Crippen LogP contribution in [0.2, 0.25) is 0 Å². The van der Waals surface area contributed by atoms with Gasteiger partial charge in [-0.3, -0.25) is 4.79 Å². The van der Waals surface area contributed by atoms with Crippen LogP contribution in [0.1, 0.15) is 38.5 Å². The molecule has 1 aliphatic carbocycles. The van der Waals surface area contributed by atoms with E-state index in [1.54, 1.807) is 0 Å². The number of nitrogens with zero attached hydrogens (tertiary/aromatic N) is 1. The first kappa shape index (κ1) is 12.2. The van der Waals surface area contributed by atoms with E-state index < -0.39 is 5.97 Å². The molecule has 96 valence electrons. The van der Waals surface area contributed by atoms with Crippen molar-refractivity contribution in [3.05, 3.63) is 0 Å². The molecule has 17 heavy (non-hydrogen) atoms. The number of rotatable bonds is 4. The van der Waals surface area contributed by atoms with E-state index in [1.807, 2.05) is 4.90 Å². The van der Waals surface area contributed by atoms with E-state index in [9.17, 15) is 9.59 Å². The van der Waals surface area contributed by atoms with Crippen molar-refractivity contribution < 1.29 is 19.4 Å². The van der Waals surface area contributed by atoms with Crippen molar-refractivity contribution in [1.82, 2.24) is 4.90 Å². The van der Waals surface area contributed by atoms with Crippen molar-refractivity contribution in [3.63, 3.8) is 0 Å². The lowest BCUT2D eigenvalue weighted by atomic mass is 10.0. The number of carbonyl (C=O) groups is 2. The zero-order valence-corrected chi connectivity index (χ0v) is 9.93. The molecule has 0 bridgehead atoms. The van der Waals surface area contributed by atoms with E-state index in [2.05, 4.69) is 0 Å². The van der Waals surface area contributed by atoms with Crippen LogP contribution in [0.3, 0.4) is 0 Å². The first-order chi connectivity index (χ1) is 8.16. The Labute approximate surface area is 101 Å². The Balaban J connectivity index is 1.87. The Morgan fingerprint density at radius 2 is 2.12 bits per heavy atom. The standard InChI is InChI=1S/C12H19NO4/c14-11(15)6-5-9-7-13(12(16)17-8-9)10-3-1-2-4-10/h9-10H,1-8H2,(H,14,15). The number of carboxylic acids is 1. The van der Waals surface area contributed by atoms with E-state index in [4.69, 9.17) is 9.84 Å². The quantitative estimate of drug-likeness (QED) is 0.815. The molecule has 2 aliphatic rings. The number of carboxylic acid groups (broad SMARTS) is 1. The van der Waals surface area contributed by atoms with Crippen molar-refractivity contribution in [3.8, 4) is 0 Å². The van der Waals surface area contributed by atoms with Crippen molar-refractivity contribution in [2.45, 2.75) is 44.6 Å². The van der Waals surface area contributed by atoms with Gasteiger partial charge in [0, 0.05) is 24.9 Å². The molecule has 1 saturated heterocycles. The van der Waals surface area contributed by atoms with Crippen LogP contribution in [0.25, 0.3) is 0 Å². The maximum Gasteiger partial charge on any atom is 0.410 e. The van der Waals surface area contributed by atoms with Crippen LogP contribution in [0.5, 0.6) is 0 Å². The molecule has 0 radical (unpaired) electrons. The van der Waals surface area contributed by atoms with Crippen LogP contribution in [0, 0.1) is 5.92 Å². The molecule has 1 heterocycles. The van der Waals surface area contributed by atoms with Gasteiger partial charge in [-0.2, -0.15) is 0 Å². The third-order valence-electron chi connectivity index (χ3n) is 3.66. The summed E-state index contributed by atoms with van der Waals surface area (Å²) in [6.45, 7) is 1.03. The van der Waals surface area contributed by atoms with Gasteiger partial charge in [-0.05, 0) is 19.3 Å². The summed E-state index contributed by atoms with van der Waals surface area (Å²) in [6.07, 6.45) is 4.99. The maximum atomic E-state index is 11.7. The van der Waals surface area contributed by atoms with Gasteiger partial charge >= 0.3 is 12.1 Å². The average Bonchev–Trinajstić information content (AvgIpc) is 2.81. The predicted molar refractivity (Wildman–Crippen MR) is 60.7 cm³/mol. The fourth-order valence-electron chi connectivity index (χ4n) is 2.69. The zero-order chi connectivity index (χ0) is 12.3. The zero-order valence-electron chi connectivity index (χ0n) is 9.93. The van der Waals surface area contributed by atoms with Gasteiger partial charge in [-0.15, -0.1) is 0 Å². The number of hydrogen-bond donors (Lipinski definition) is 1. The van der Waals surface area contributed by atoms with Gasteiger partial charge in [0.25, 0.3) is 0 Å². The van der Waals surface area contributed by atoms with Crippen LogP contribution in [-0.4, -0.2) is 41.3 Å². The molecular weight excluding hydrogens is 222 g/mol. The molecule has 1 unspecified atom stereocenters. The molecule has 0 spiro atoms. The largest absolute Gasteiger partial charge is 0.481 e. The highest BCUT2D eigenvalue weighted by atomic mass is 16.6. The van der Waals surface area contributed by atoms with Crippen molar-refractivity contribution in [2.24, 2.45) is 5.92 Å². The molecule has 1 aliphatic heterocycles. The second-order valence-corrected chi connectivity index (χ2v) is 4.97. The Morgan fingerprint density at radius 3 is 2.76 bits per heavy atom. The van der Waals surface area contributed by atoms with E-state index in [-0.39, 0.29) is 18.4 Å². The minimum atomic E-state index is -0.783. The van der Waals surface area contributed by atoms with Crippen LogP contribution in [0.15, 0.2) is 0 Å². The summed E-state index contributed by atoms with van der Waals surface area (Å²) in [4.78, 5) is 24.0. The number of cyclic esters (lactones) is 1. The normalized spacial score (nSPS) is 26.0. The van der Waals surface area contributed by atoms with Gasteiger partial charge in [-0.1, -0.05) is 12.8 Å². The summed E-state index contributed by atoms with van der Waals surface area (Å²) in [5, 5.41) is 8.65. The van der Waals surface area contributed by atoms with E-state index in [0.29, 0.717) is 25.6 Å². The van der Waals surface area contributed by atoms with Crippen LogP contribution < -0.4 is 0 Å². The van der Waals surface area contributed by atoms with Gasteiger partial charge in [-0.25, -0.2) is 4.79 Å². The monoisotopic (exact) mass is 241 g/mol.